The summed E-state index contributed by atoms with van der Waals surface area (Å²) in [5.74, 6) is -2.31. The van der Waals surface area contributed by atoms with Crippen molar-refractivity contribution >= 4 is 23.0 Å². The van der Waals surface area contributed by atoms with Crippen LogP contribution in [0.4, 0.5) is 30.2 Å². The summed E-state index contributed by atoms with van der Waals surface area (Å²) in [5, 5.41) is 14.3. The van der Waals surface area contributed by atoms with Gasteiger partial charge in [0.15, 0.2) is 11.6 Å². The largest absolute Gasteiger partial charge is 0.426 e. The summed E-state index contributed by atoms with van der Waals surface area (Å²) < 4.78 is 47.6. The molecule has 0 radical (unpaired) electrons. The van der Waals surface area contributed by atoms with Crippen molar-refractivity contribution in [1.29, 1.82) is 0 Å². The van der Waals surface area contributed by atoms with Crippen LogP contribution in [-0.4, -0.2) is 48.3 Å². The van der Waals surface area contributed by atoms with E-state index >= 15 is 0 Å². The number of hydrogen-bond donors (Lipinski definition) is 2. The number of hydrogen-bond acceptors (Lipinski definition) is 7. The first-order valence-corrected chi connectivity index (χ1v) is 16.5. The van der Waals surface area contributed by atoms with Gasteiger partial charge in [0.25, 0.3) is 0 Å². The summed E-state index contributed by atoms with van der Waals surface area (Å²) in [6.45, 7) is 3.79. The first-order valence-electron chi connectivity index (χ1n) is 16.5. The molecule has 2 N–H and O–H groups in total. The number of nitrogens with one attached hydrogen (secondary N) is 2. The quantitative estimate of drug-likeness (QED) is 0.242. The number of aromatic nitrogens is 2. The zero-order valence-corrected chi connectivity index (χ0v) is 26.0. The van der Waals surface area contributed by atoms with E-state index in [9.17, 15) is 18.0 Å². The molecule has 4 aromatic rings. The highest BCUT2D eigenvalue weighted by molar-refractivity contribution is 5.79. The van der Waals surface area contributed by atoms with Gasteiger partial charge in [-0.15, -0.1) is 10.2 Å². The number of nitrogens with zero attached hydrogens (tertiary/aromatic N) is 4. The molecule has 0 saturated carbocycles. The maximum atomic E-state index is 14.7. The van der Waals surface area contributed by atoms with Gasteiger partial charge < -0.3 is 24.9 Å². The monoisotopic (exact) mass is 642 g/mol. The molecular weight excluding hydrogens is 605 g/mol. The Bertz CT molecular complexity index is 1790. The molecule has 8 rings (SSSR count). The molecule has 3 atom stereocenters. The lowest BCUT2D eigenvalue weighted by Gasteiger charge is -2.42. The van der Waals surface area contributed by atoms with Crippen LogP contribution in [0.5, 0.6) is 0 Å². The summed E-state index contributed by atoms with van der Waals surface area (Å²) in [5.41, 5.74) is 6.01. The lowest BCUT2D eigenvalue weighted by Crippen LogP contribution is -2.42. The highest BCUT2D eigenvalue weighted by Crippen LogP contribution is 2.53. The SMILES string of the molecule is O=C(C[C@@H]1CC2(CCN(c3ccc4c(c3)N3CCC[C@H]3CN4)CC2)c2cc(F)ccc21)N[C@H](Cc1ccc(F)c(F)c1)c1nnco1. The molecule has 47 heavy (non-hydrogen) atoms. The van der Waals surface area contributed by atoms with Crippen molar-refractivity contribution in [3.63, 3.8) is 0 Å². The normalized spacial score (nSPS) is 21.6. The second kappa shape index (κ2) is 11.9. The molecule has 1 aliphatic carbocycles. The van der Waals surface area contributed by atoms with Gasteiger partial charge in [0.05, 0.1) is 11.4 Å². The Morgan fingerprint density at radius 3 is 2.72 bits per heavy atom. The van der Waals surface area contributed by atoms with E-state index in [1.54, 1.807) is 6.07 Å². The number of amides is 1. The summed E-state index contributed by atoms with van der Waals surface area (Å²) in [6.07, 6.45) is 6.45. The lowest BCUT2D eigenvalue weighted by molar-refractivity contribution is -0.122. The molecule has 2 fully saturated rings. The van der Waals surface area contributed by atoms with Gasteiger partial charge in [0.2, 0.25) is 18.2 Å². The zero-order valence-electron chi connectivity index (χ0n) is 26.0. The number of piperidine rings is 1. The van der Waals surface area contributed by atoms with Crippen LogP contribution in [0.1, 0.15) is 73.1 Å². The molecule has 1 aromatic heterocycles. The number of rotatable bonds is 7. The first-order chi connectivity index (χ1) is 22.8. The second-order valence-corrected chi connectivity index (χ2v) is 13.5. The van der Waals surface area contributed by atoms with Gasteiger partial charge in [-0.3, -0.25) is 4.79 Å². The number of benzene rings is 3. The topological polar surface area (TPSA) is 86.5 Å². The zero-order chi connectivity index (χ0) is 32.1. The summed E-state index contributed by atoms with van der Waals surface area (Å²) in [4.78, 5) is 18.6. The van der Waals surface area contributed by atoms with Crippen molar-refractivity contribution in [3.05, 3.63) is 101 Å². The Morgan fingerprint density at radius 2 is 1.91 bits per heavy atom. The van der Waals surface area contributed by atoms with Crippen LogP contribution in [-0.2, 0) is 16.6 Å². The Morgan fingerprint density at radius 1 is 1.04 bits per heavy atom. The number of anilines is 3. The molecule has 4 heterocycles. The third-order valence-corrected chi connectivity index (χ3v) is 10.8. The predicted molar refractivity (Wildman–Crippen MR) is 172 cm³/mol. The molecule has 2 saturated heterocycles. The van der Waals surface area contributed by atoms with Gasteiger partial charge in [0, 0.05) is 50.7 Å². The van der Waals surface area contributed by atoms with Gasteiger partial charge in [0.1, 0.15) is 11.9 Å². The van der Waals surface area contributed by atoms with E-state index in [1.165, 1.54) is 48.4 Å². The third-order valence-electron chi connectivity index (χ3n) is 10.8. The second-order valence-electron chi connectivity index (χ2n) is 13.5. The van der Waals surface area contributed by atoms with E-state index in [0.717, 1.165) is 68.7 Å². The van der Waals surface area contributed by atoms with Gasteiger partial charge >= 0.3 is 0 Å². The molecule has 1 spiro atoms. The molecule has 1 amide bonds. The molecule has 3 aromatic carbocycles. The Hall–Kier alpha value is -4.54. The van der Waals surface area contributed by atoms with E-state index < -0.39 is 17.7 Å². The molecule has 11 heteroatoms. The van der Waals surface area contributed by atoms with Crippen LogP contribution in [0.15, 0.2) is 65.4 Å². The van der Waals surface area contributed by atoms with Gasteiger partial charge in [-0.1, -0.05) is 12.1 Å². The molecule has 244 valence electrons. The molecule has 8 nitrogen and oxygen atoms in total. The van der Waals surface area contributed by atoms with Crippen molar-refractivity contribution < 1.29 is 22.4 Å². The molecule has 3 aliphatic heterocycles. The van der Waals surface area contributed by atoms with Crippen LogP contribution < -0.4 is 20.4 Å². The molecule has 4 aliphatic rings. The summed E-state index contributed by atoms with van der Waals surface area (Å²) in [6, 6.07) is 15.2. The molecule has 0 bridgehead atoms. The highest BCUT2D eigenvalue weighted by atomic mass is 19.2. The van der Waals surface area contributed by atoms with Gasteiger partial charge in [-0.2, -0.15) is 0 Å². The first kappa shape index (κ1) is 29.8. The minimum atomic E-state index is -0.965. The Kier molecular flexibility index (Phi) is 7.57. The summed E-state index contributed by atoms with van der Waals surface area (Å²) in [7, 11) is 0. The van der Waals surface area contributed by atoms with Crippen molar-refractivity contribution in [2.24, 2.45) is 0 Å². The number of halogens is 3. The fourth-order valence-corrected chi connectivity index (χ4v) is 8.49. The predicted octanol–water partition coefficient (Wildman–Crippen LogP) is 6.40. The van der Waals surface area contributed by atoms with E-state index in [0.29, 0.717) is 11.6 Å². The lowest BCUT2D eigenvalue weighted by atomic mass is 9.73. The fourth-order valence-electron chi connectivity index (χ4n) is 8.49. The van der Waals surface area contributed by atoms with Crippen molar-refractivity contribution in [3.8, 4) is 0 Å². The molecule has 0 unspecified atom stereocenters. The average molecular weight is 643 g/mol. The van der Waals surface area contributed by atoms with Crippen LogP contribution in [0.3, 0.4) is 0 Å². The fraction of sp³-hybridized carbons (Fsp3) is 0.417. The van der Waals surface area contributed by atoms with Crippen LogP contribution in [0.2, 0.25) is 0 Å². The number of carbonyl (C=O) groups is 1. The van der Waals surface area contributed by atoms with Crippen LogP contribution in [0, 0.1) is 17.5 Å². The van der Waals surface area contributed by atoms with E-state index in [1.807, 2.05) is 6.07 Å². The molecular formula is C36H37F3N6O2. The number of carbonyl (C=O) groups excluding carboxylic acids is 1. The van der Waals surface area contributed by atoms with E-state index in [-0.39, 0.29) is 41.8 Å². The van der Waals surface area contributed by atoms with E-state index in [2.05, 4.69) is 48.8 Å². The van der Waals surface area contributed by atoms with Crippen LogP contribution in [0.25, 0.3) is 0 Å². The third kappa shape index (κ3) is 5.59. The van der Waals surface area contributed by atoms with Crippen molar-refractivity contribution in [1.82, 2.24) is 15.5 Å². The van der Waals surface area contributed by atoms with Gasteiger partial charge in [-0.25, -0.2) is 13.2 Å². The average Bonchev–Trinajstić information content (AvgIpc) is 3.84. The van der Waals surface area contributed by atoms with Crippen molar-refractivity contribution in [2.45, 2.75) is 68.4 Å². The number of fused-ring (bicyclic) bond motifs is 5. The minimum Gasteiger partial charge on any atom is -0.426 e. The smallest absolute Gasteiger partial charge is 0.238 e. The Balaban J connectivity index is 0.978. The van der Waals surface area contributed by atoms with Crippen LogP contribution >= 0.6 is 0 Å². The standard InChI is InChI=1S/C36H37F3N6O2/c37-24-4-6-27-23(16-34(46)42-32(35-43-41-21-47-35)15-22-3-7-29(38)30(39)14-22)19-36(28(27)17-24)9-12-44(13-10-36)25-5-8-31-33(18-25)45-11-1-2-26(45)20-40-31/h3-8,14,17-18,21,23,26,32,40H,1-2,9-13,15-16,19-20H2,(H,42,46)/t23-,26+,32-/m1/s1. The Labute approximate surface area is 271 Å². The van der Waals surface area contributed by atoms with Crippen molar-refractivity contribution in [2.75, 3.05) is 41.3 Å². The maximum absolute atomic E-state index is 14.7. The highest BCUT2D eigenvalue weighted by Gasteiger charge is 2.46. The van der Waals surface area contributed by atoms with Gasteiger partial charge in [-0.05, 0) is 103 Å². The van der Waals surface area contributed by atoms with E-state index in [4.69, 9.17) is 4.42 Å². The minimum absolute atomic E-state index is 0.0920. The summed E-state index contributed by atoms with van der Waals surface area (Å²) >= 11 is 0. The maximum Gasteiger partial charge on any atom is 0.238 e.